The van der Waals surface area contributed by atoms with E-state index in [9.17, 15) is 0 Å². The lowest BCUT2D eigenvalue weighted by Gasteiger charge is -2.30. The third kappa shape index (κ3) is 5.62. The van der Waals surface area contributed by atoms with E-state index in [1.165, 1.54) is 39.1 Å². The van der Waals surface area contributed by atoms with Crippen molar-refractivity contribution in [1.29, 1.82) is 0 Å². The summed E-state index contributed by atoms with van der Waals surface area (Å²) in [4.78, 5) is 0. The van der Waals surface area contributed by atoms with Crippen LogP contribution in [0.3, 0.4) is 0 Å². The molecule has 0 saturated carbocycles. The van der Waals surface area contributed by atoms with Crippen molar-refractivity contribution in [1.82, 2.24) is 0 Å². The monoisotopic (exact) mass is 456 g/mol. The highest BCUT2D eigenvalue weighted by Crippen LogP contribution is 2.40. The van der Waals surface area contributed by atoms with Gasteiger partial charge in [-0.15, -0.1) is 0 Å². The zero-order valence-corrected chi connectivity index (χ0v) is 23.2. The molecule has 34 heavy (non-hydrogen) atoms. The Bertz CT molecular complexity index is 1050. The molecule has 0 radical (unpaired) electrons. The molecule has 0 atom stereocenters. The minimum atomic E-state index is 0.550. The molecule has 1 nitrogen and oxygen atoms in total. The highest BCUT2D eigenvalue weighted by atomic mass is 14.9. The molecule has 0 amide bonds. The van der Waals surface area contributed by atoms with Crippen molar-refractivity contribution in [3.8, 4) is 22.4 Å². The fraction of sp³-hybridized carbons (Fsp3) is 0.485. The van der Waals surface area contributed by atoms with Gasteiger partial charge in [0.2, 0.25) is 5.69 Å². The molecule has 2 aromatic carbocycles. The van der Waals surface area contributed by atoms with Crippen LogP contribution in [0.4, 0.5) is 0 Å². The zero-order valence-electron chi connectivity index (χ0n) is 23.2. The Kier molecular flexibility index (Phi) is 8.39. The van der Waals surface area contributed by atoms with E-state index >= 15 is 0 Å². The molecule has 1 aromatic heterocycles. The van der Waals surface area contributed by atoms with Crippen LogP contribution < -0.4 is 4.57 Å². The average Bonchev–Trinajstić information content (AvgIpc) is 2.73. The van der Waals surface area contributed by atoms with Gasteiger partial charge in [-0.1, -0.05) is 91.8 Å². The number of rotatable bonds is 8. The minimum Gasteiger partial charge on any atom is -0.201 e. The van der Waals surface area contributed by atoms with E-state index < -0.39 is 0 Å². The van der Waals surface area contributed by atoms with Crippen molar-refractivity contribution < 1.29 is 4.57 Å². The van der Waals surface area contributed by atoms with Gasteiger partial charge in [0.1, 0.15) is 7.05 Å². The number of hydrogen-bond donors (Lipinski definition) is 0. The number of aryl methyl sites for hydroxylation is 2. The molecule has 0 fully saturated rings. The van der Waals surface area contributed by atoms with Crippen molar-refractivity contribution in [2.45, 2.75) is 74.1 Å². The largest absolute Gasteiger partial charge is 0.213 e. The summed E-state index contributed by atoms with van der Waals surface area (Å²) >= 11 is 0. The van der Waals surface area contributed by atoms with Gasteiger partial charge in [0.05, 0.1) is 0 Å². The van der Waals surface area contributed by atoms with Gasteiger partial charge in [-0.3, -0.25) is 0 Å². The normalized spacial score (nSPS) is 12.2. The maximum absolute atomic E-state index is 2.53. The first-order valence-electron chi connectivity index (χ1n) is 13.2. The molecule has 1 heterocycles. The van der Waals surface area contributed by atoms with Crippen molar-refractivity contribution in [2.75, 3.05) is 0 Å². The Morgan fingerprint density at radius 1 is 0.588 bits per heavy atom. The molecule has 0 spiro atoms. The lowest BCUT2D eigenvalue weighted by molar-refractivity contribution is -0.660. The summed E-state index contributed by atoms with van der Waals surface area (Å²) in [6, 6.07) is 20.8. The third-order valence-corrected chi connectivity index (χ3v) is 7.52. The van der Waals surface area contributed by atoms with Crippen LogP contribution in [0.5, 0.6) is 0 Å². The van der Waals surface area contributed by atoms with Crippen LogP contribution in [-0.4, -0.2) is 0 Å². The lowest BCUT2D eigenvalue weighted by Crippen LogP contribution is -2.30. The van der Waals surface area contributed by atoms with E-state index in [0.29, 0.717) is 35.5 Å². The standard InChI is InChI=1S/C33H46N/c1-21(2)32(22(3)4)28-17-27(18-29(19-28)33(23(5)6)24(7)8)26-15-16-34(10)31(20-26)30-14-12-11-13-25(30)9/h11-24,32-33H,1-10H3/q+1. The lowest BCUT2D eigenvalue weighted by atomic mass is 9.75. The van der Waals surface area contributed by atoms with Gasteiger partial charge in [-0.2, -0.15) is 0 Å². The van der Waals surface area contributed by atoms with Gasteiger partial charge in [0.15, 0.2) is 6.20 Å². The second kappa shape index (κ2) is 10.9. The maximum atomic E-state index is 2.53. The highest BCUT2D eigenvalue weighted by molar-refractivity contribution is 5.71. The van der Waals surface area contributed by atoms with E-state index in [-0.39, 0.29) is 0 Å². The van der Waals surface area contributed by atoms with E-state index in [4.69, 9.17) is 0 Å². The van der Waals surface area contributed by atoms with Crippen molar-refractivity contribution in [3.05, 3.63) is 77.5 Å². The minimum absolute atomic E-state index is 0.550. The highest BCUT2D eigenvalue weighted by Gasteiger charge is 2.25. The van der Waals surface area contributed by atoms with Crippen LogP contribution in [0.1, 0.15) is 83.9 Å². The maximum Gasteiger partial charge on any atom is 0.213 e. The van der Waals surface area contributed by atoms with Crippen LogP contribution in [0.25, 0.3) is 22.4 Å². The Morgan fingerprint density at radius 3 is 1.56 bits per heavy atom. The summed E-state index contributed by atoms with van der Waals surface area (Å²) in [6.07, 6.45) is 2.22. The molecule has 0 unspecified atom stereocenters. The average molecular weight is 457 g/mol. The number of hydrogen-bond acceptors (Lipinski definition) is 0. The SMILES string of the molecule is Cc1ccccc1-c1cc(-c2cc(C(C(C)C)C(C)C)cc(C(C(C)C)C(C)C)c2)cc[n+]1C. The van der Waals surface area contributed by atoms with Crippen molar-refractivity contribution in [2.24, 2.45) is 30.7 Å². The van der Waals surface area contributed by atoms with Crippen LogP contribution in [0, 0.1) is 30.6 Å². The predicted octanol–water partition coefficient (Wildman–Crippen LogP) is 8.94. The van der Waals surface area contributed by atoms with Crippen LogP contribution in [-0.2, 0) is 7.05 Å². The third-order valence-electron chi connectivity index (χ3n) is 7.52. The number of aromatic nitrogens is 1. The van der Waals surface area contributed by atoms with Crippen LogP contribution in [0.2, 0.25) is 0 Å². The molecular formula is C33H46N+. The quantitative estimate of drug-likeness (QED) is 0.298. The molecule has 1 heteroatoms. The fourth-order valence-corrected chi connectivity index (χ4v) is 6.18. The molecule has 0 saturated heterocycles. The van der Waals surface area contributed by atoms with Gasteiger partial charge in [-0.25, -0.2) is 4.57 Å². The van der Waals surface area contributed by atoms with Gasteiger partial charge in [0.25, 0.3) is 0 Å². The molecule has 0 aliphatic rings. The van der Waals surface area contributed by atoms with Crippen molar-refractivity contribution in [3.63, 3.8) is 0 Å². The number of benzene rings is 2. The van der Waals surface area contributed by atoms with Gasteiger partial charge >= 0.3 is 0 Å². The molecular weight excluding hydrogens is 410 g/mol. The molecule has 0 bridgehead atoms. The van der Waals surface area contributed by atoms with E-state index in [0.717, 1.165) is 0 Å². The first-order chi connectivity index (χ1) is 16.0. The Balaban J connectivity index is 2.25. The van der Waals surface area contributed by atoms with Crippen LogP contribution in [0.15, 0.2) is 60.8 Å². The first-order valence-corrected chi connectivity index (χ1v) is 13.2. The molecule has 0 aliphatic heterocycles. The Hall–Kier alpha value is -2.41. The molecule has 182 valence electrons. The van der Waals surface area contributed by atoms with Gasteiger partial charge < -0.3 is 0 Å². The van der Waals surface area contributed by atoms with E-state index in [2.05, 4.69) is 135 Å². The second-order valence-electron chi connectivity index (χ2n) is 11.6. The Morgan fingerprint density at radius 2 is 1.09 bits per heavy atom. The summed E-state index contributed by atoms with van der Waals surface area (Å²) < 4.78 is 2.24. The Labute approximate surface area is 209 Å². The number of nitrogens with zero attached hydrogens (tertiary/aromatic N) is 1. The van der Waals surface area contributed by atoms with E-state index in [1.54, 1.807) is 0 Å². The summed E-state index contributed by atoms with van der Waals surface area (Å²) in [5, 5.41) is 0. The predicted molar refractivity (Wildman–Crippen MR) is 148 cm³/mol. The second-order valence-corrected chi connectivity index (χ2v) is 11.6. The zero-order chi connectivity index (χ0) is 25.2. The van der Waals surface area contributed by atoms with E-state index in [1.807, 2.05) is 0 Å². The van der Waals surface area contributed by atoms with Crippen LogP contribution >= 0.6 is 0 Å². The summed E-state index contributed by atoms with van der Waals surface area (Å²) in [5.41, 5.74) is 9.51. The summed E-state index contributed by atoms with van der Waals surface area (Å²) in [5.74, 6) is 3.53. The first kappa shape index (κ1) is 26.2. The molecule has 3 aromatic rings. The van der Waals surface area contributed by atoms with Gasteiger partial charge in [-0.05, 0) is 76.3 Å². The fourth-order valence-electron chi connectivity index (χ4n) is 6.18. The number of pyridine rings is 1. The van der Waals surface area contributed by atoms with Gasteiger partial charge in [0, 0.05) is 17.7 Å². The smallest absolute Gasteiger partial charge is 0.201 e. The molecule has 3 rings (SSSR count). The van der Waals surface area contributed by atoms with Crippen molar-refractivity contribution >= 4 is 0 Å². The molecule has 0 aliphatic carbocycles. The molecule has 0 N–H and O–H groups in total. The summed E-state index contributed by atoms with van der Waals surface area (Å²) in [6.45, 7) is 21.2. The summed E-state index contributed by atoms with van der Waals surface area (Å²) in [7, 11) is 2.15. The topological polar surface area (TPSA) is 3.88 Å².